The molecule has 21 heavy (non-hydrogen) atoms. The van der Waals surface area contributed by atoms with Gasteiger partial charge in [-0.2, -0.15) is 0 Å². The highest BCUT2D eigenvalue weighted by Crippen LogP contribution is 2.44. The van der Waals surface area contributed by atoms with E-state index < -0.39 is 5.60 Å². The number of nitrogens with zero attached hydrogens (tertiary/aromatic N) is 1. The minimum Gasteiger partial charge on any atom is -0.342 e. The van der Waals surface area contributed by atoms with Crippen LogP contribution in [0.5, 0.6) is 0 Å². The van der Waals surface area contributed by atoms with Crippen LogP contribution < -0.4 is 5.32 Å². The van der Waals surface area contributed by atoms with Gasteiger partial charge in [-0.05, 0) is 34.1 Å². The van der Waals surface area contributed by atoms with Crippen LogP contribution in [-0.2, 0) is 14.3 Å². The van der Waals surface area contributed by atoms with Gasteiger partial charge < -0.3 is 19.7 Å². The Balaban J connectivity index is 2.29. The van der Waals surface area contributed by atoms with Crippen molar-refractivity contribution in [3.63, 3.8) is 0 Å². The van der Waals surface area contributed by atoms with E-state index in [1.54, 1.807) is 4.90 Å². The molecule has 1 unspecified atom stereocenters. The largest absolute Gasteiger partial charge is 0.342 e. The predicted octanol–water partition coefficient (Wildman–Crippen LogP) is 1.85. The van der Waals surface area contributed by atoms with Crippen LogP contribution in [0.1, 0.15) is 60.3 Å². The van der Waals surface area contributed by atoms with Crippen LogP contribution in [0.25, 0.3) is 0 Å². The maximum absolute atomic E-state index is 13.0. The Hall–Kier alpha value is -0.940. The summed E-state index contributed by atoms with van der Waals surface area (Å²) in [6, 6.07) is 0. The fraction of sp³-hybridized carbons (Fsp3) is 0.875. The maximum Gasteiger partial charge on any atom is 0.257 e. The van der Waals surface area contributed by atoms with Gasteiger partial charge in [0.1, 0.15) is 12.5 Å². The molecule has 0 bridgehead atoms. The average molecular weight is 296 g/mol. The van der Waals surface area contributed by atoms with Crippen molar-refractivity contribution in [2.45, 2.75) is 83.2 Å². The molecule has 1 spiro atoms. The summed E-state index contributed by atoms with van der Waals surface area (Å²) >= 11 is 0. The summed E-state index contributed by atoms with van der Waals surface area (Å²) in [5.74, 6) is 0.0545. The summed E-state index contributed by atoms with van der Waals surface area (Å²) in [5.41, 5.74) is -1.06. The van der Waals surface area contributed by atoms with Gasteiger partial charge in [0.2, 0.25) is 0 Å². The molecule has 0 radical (unpaired) electrons. The molecule has 2 aliphatic heterocycles. The zero-order chi connectivity index (χ0) is 15.9. The molecule has 2 fully saturated rings. The second kappa shape index (κ2) is 5.36. The monoisotopic (exact) mass is 296 g/mol. The van der Waals surface area contributed by atoms with Crippen LogP contribution in [-0.4, -0.2) is 46.5 Å². The zero-order valence-corrected chi connectivity index (χ0v) is 13.9. The Morgan fingerprint density at radius 2 is 1.86 bits per heavy atom. The fourth-order valence-corrected chi connectivity index (χ4v) is 4.24. The highest BCUT2D eigenvalue weighted by molar-refractivity contribution is 5.88. The third kappa shape index (κ3) is 3.14. The molecule has 5 nitrogen and oxygen atoms in total. The number of piperidine rings is 1. The van der Waals surface area contributed by atoms with Crippen LogP contribution in [0.3, 0.4) is 0 Å². The Bertz CT molecular complexity index is 415. The number of aldehydes is 1. The van der Waals surface area contributed by atoms with Crippen molar-refractivity contribution in [3.8, 4) is 0 Å². The van der Waals surface area contributed by atoms with Crippen molar-refractivity contribution in [2.75, 3.05) is 6.54 Å². The first-order valence-corrected chi connectivity index (χ1v) is 7.87. The van der Waals surface area contributed by atoms with E-state index in [-0.39, 0.29) is 23.2 Å². The average Bonchev–Trinajstić information content (AvgIpc) is 2.56. The number of carbonyl (C=O) groups excluding carboxylic acids is 2. The summed E-state index contributed by atoms with van der Waals surface area (Å²) < 4.78 is 6.25. The molecule has 5 heteroatoms. The van der Waals surface area contributed by atoms with Crippen LogP contribution in [0.15, 0.2) is 0 Å². The molecule has 1 N–H and O–H groups in total. The molecule has 120 valence electrons. The zero-order valence-electron chi connectivity index (χ0n) is 13.9. The highest BCUT2D eigenvalue weighted by Gasteiger charge is 2.59. The van der Waals surface area contributed by atoms with E-state index in [0.717, 1.165) is 12.7 Å². The molecule has 2 saturated heterocycles. The molecular formula is C16H28N2O3. The number of rotatable bonds is 4. The molecule has 0 saturated carbocycles. The van der Waals surface area contributed by atoms with E-state index in [4.69, 9.17) is 4.74 Å². The van der Waals surface area contributed by atoms with Gasteiger partial charge in [0.25, 0.3) is 5.91 Å². The molecule has 0 aromatic heterocycles. The number of ether oxygens (including phenoxy) is 1. The van der Waals surface area contributed by atoms with Crippen molar-refractivity contribution in [1.82, 2.24) is 10.2 Å². The number of carbonyl (C=O) groups is 2. The van der Waals surface area contributed by atoms with Gasteiger partial charge in [0.15, 0.2) is 5.60 Å². The lowest BCUT2D eigenvalue weighted by Gasteiger charge is -2.49. The standard InChI is InChI=1S/C16H28N2O3/c1-6-12-18(8-7-9-19)13(20)16(21-12)10-14(2,3)17-15(4,5)11-16/h9,12,17H,6-8,10-11H2,1-5H3. The molecule has 0 aromatic rings. The minimum absolute atomic E-state index is 0.0545. The fourth-order valence-electron chi connectivity index (χ4n) is 4.24. The lowest BCUT2D eigenvalue weighted by atomic mass is 9.72. The van der Waals surface area contributed by atoms with Crippen molar-refractivity contribution in [1.29, 1.82) is 0 Å². The Morgan fingerprint density at radius 3 is 2.33 bits per heavy atom. The molecule has 1 atom stereocenters. The lowest BCUT2D eigenvalue weighted by Crippen LogP contribution is -2.65. The number of nitrogens with one attached hydrogen (secondary N) is 1. The Kier molecular flexibility index (Phi) is 4.19. The first kappa shape index (κ1) is 16.4. The van der Waals surface area contributed by atoms with Crippen LogP contribution in [0.2, 0.25) is 0 Å². The van der Waals surface area contributed by atoms with Gasteiger partial charge >= 0.3 is 0 Å². The molecule has 2 rings (SSSR count). The summed E-state index contributed by atoms with van der Waals surface area (Å²) in [4.78, 5) is 25.4. The number of amides is 1. The molecule has 1 amide bonds. The van der Waals surface area contributed by atoms with Crippen LogP contribution in [0.4, 0.5) is 0 Å². The second-order valence-electron chi connectivity index (χ2n) is 7.68. The smallest absolute Gasteiger partial charge is 0.257 e. The molecular weight excluding hydrogens is 268 g/mol. The Morgan fingerprint density at radius 1 is 1.29 bits per heavy atom. The molecule has 2 aliphatic rings. The molecule has 0 aliphatic carbocycles. The molecule has 0 aromatic carbocycles. The van der Waals surface area contributed by atoms with Gasteiger partial charge in [-0.25, -0.2) is 0 Å². The third-order valence-corrected chi connectivity index (χ3v) is 4.33. The summed E-state index contributed by atoms with van der Waals surface area (Å²) in [7, 11) is 0. The number of hydrogen-bond acceptors (Lipinski definition) is 4. The van der Waals surface area contributed by atoms with E-state index in [0.29, 0.717) is 25.8 Å². The van der Waals surface area contributed by atoms with Crippen molar-refractivity contribution < 1.29 is 14.3 Å². The van der Waals surface area contributed by atoms with Gasteiger partial charge in [0, 0.05) is 36.9 Å². The lowest BCUT2D eigenvalue weighted by molar-refractivity contribution is -0.147. The van der Waals surface area contributed by atoms with Crippen LogP contribution in [0, 0.1) is 0 Å². The van der Waals surface area contributed by atoms with E-state index in [1.165, 1.54) is 0 Å². The Labute approximate surface area is 127 Å². The van der Waals surface area contributed by atoms with Gasteiger partial charge in [-0.1, -0.05) is 6.92 Å². The predicted molar refractivity (Wildman–Crippen MR) is 80.8 cm³/mol. The van der Waals surface area contributed by atoms with E-state index in [1.807, 2.05) is 6.92 Å². The van der Waals surface area contributed by atoms with E-state index in [9.17, 15) is 9.59 Å². The van der Waals surface area contributed by atoms with Crippen LogP contribution >= 0.6 is 0 Å². The molecule has 2 heterocycles. The second-order valence-corrected chi connectivity index (χ2v) is 7.68. The quantitative estimate of drug-likeness (QED) is 0.804. The van der Waals surface area contributed by atoms with E-state index in [2.05, 4.69) is 33.0 Å². The number of hydrogen-bond donors (Lipinski definition) is 1. The highest BCUT2D eigenvalue weighted by atomic mass is 16.5. The summed E-state index contributed by atoms with van der Waals surface area (Å²) in [6.07, 6.45) is 3.10. The SMILES string of the molecule is CCC1OC2(CC(C)(C)NC(C)(C)C2)C(=O)N1CCC=O. The first-order chi connectivity index (χ1) is 9.65. The van der Waals surface area contributed by atoms with Gasteiger partial charge in [-0.3, -0.25) is 4.79 Å². The first-order valence-electron chi connectivity index (χ1n) is 7.87. The topological polar surface area (TPSA) is 58.6 Å². The third-order valence-electron chi connectivity index (χ3n) is 4.33. The maximum atomic E-state index is 13.0. The summed E-state index contributed by atoms with van der Waals surface area (Å²) in [5, 5.41) is 3.59. The van der Waals surface area contributed by atoms with Gasteiger partial charge in [-0.15, -0.1) is 0 Å². The summed E-state index contributed by atoms with van der Waals surface area (Å²) in [6.45, 7) is 10.9. The van der Waals surface area contributed by atoms with Crippen molar-refractivity contribution >= 4 is 12.2 Å². The van der Waals surface area contributed by atoms with Crippen molar-refractivity contribution in [2.24, 2.45) is 0 Å². The van der Waals surface area contributed by atoms with Gasteiger partial charge in [0.05, 0.1) is 0 Å². The van der Waals surface area contributed by atoms with Crippen molar-refractivity contribution in [3.05, 3.63) is 0 Å². The van der Waals surface area contributed by atoms with E-state index >= 15 is 0 Å². The minimum atomic E-state index is -0.748. The normalized spacial score (nSPS) is 29.9.